The molecule has 0 radical (unpaired) electrons. The van der Waals surface area contributed by atoms with Gasteiger partial charge in [0, 0.05) is 21.1 Å². The van der Waals surface area contributed by atoms with Crippen molar-refractivity contribution in [2.45, 2.75) is 40.0 Å². The molecule has 4 aromatic carbocycles. The molecule has 0 aromatic heterocycles. The highest BCUT2D eigenvalue weighted by Crippen LogP contribution is 2.55. The molecule has 3 nitrogen and oxygen atoms in total. The summed E-state index contributed by atoms with van der Waals surface area (Å²) in [5.41, 5.74) is 7.80. The molecule has 0 saturated carbocycles. The number of ether oxygens (including phenoxy) is 2. The molecule has 196 valence electrons. The van der Waals surface area contributed by atoms with Crippen LogP contribution in [0.5, 0.6) is 0 Å². The first kappa shape index (κ1) is 31.3. The highest BCUT2D eigenvalue weighted by Gasteiger charge is 2.45. The third-order valence-corrected chi connectivity index (χ3v) is 5.65. The number of hydrogen-bond acceptors (Lipinski definition) is 3. The highest BCUT2D eigenvalue weighted by atomic mass is 16.5. The molecule has 1 aliphatic rings. The number of fused-ring (bicyclic) bond motifs is 3. The van der Waals surface area contributed by atoms with Crippen LogP contribution in [-0.2, 0) is 19.7 Å². The van der Waals surface area contributed by atoms with Crippen LogP contribution in [0, 0.1) is 0 Å². The second kappa shape index (κ2) is 16.9. The minimum atomic E-state index is -0.254. The molecule has 0 unspecified atom stereocenters. The van der Waals surface area contributed by atoms with E-state index in [4.69, 9.17) is 0 Å². The first-order valence-corrected chi connectivity index (χ1v) is 12.9. The number of benzene rings is 4. The van der Waals surface area contributed by atoms with Crippen LogP contribution >= 0.6 is 0 Å². The summed E-state index contributed by atoms with van der Waals surface area (Å²) in [4.78, 5) is 9.59. The predicted octanol–water partition coefficient (Wildman–Crippen LogP) is 8.54. The van der Waals surface area contributed by atoms with Crippen LogP contribution in [-0.4, -0.2) is 27.3 Å². The van der Waals surface area contributed by atoms with Crippen molar-refractivity contribution in [2.75, 3.05) is 21.3 Å². The molecule has 0 heterocycles. The second-order valence-electron chi connectivity index (χ2n) is 7.68. The van der Waals surface area contributed by atoms with Crippen molar-refractivity contribution in [3.05, 3.63) is 131 Å². The fraction of sp³-hybridized carbons (Fsp3) is 0.265. The average molecular weight is 499 g/mol. The molecule has 0 spiro atoms. The van der Waals surface area contributed by atoms with E-state index in [1.54, 1.807) is 14.2 Å². The molecule has 0 aliphatic heterocycles. The van der Waals surface area contributed by atoms with E-state index in [0.717, 1.165) is 0 Å². The predicted molar refractivity (Wildman–Crippen MR) is 157 cm³/mol. The Bertz CT molecular complexity index is 1080. The van der Waals surface area contributed by atoms with Crippen LogP contribution in [0.4, 0.5) is 0 Å². The van der Waals surface area contributed by atoms with Gasteiger partial charge in [0.2, 0.25) is 0 Å². The fourth-order valence-electron chi connectivity index (χ4n) is 4.40. The van der Waals surface area contributed by atoms with E-state index in [9.17, 15) is 4.79 Å². The van der Waals surface area contributed by atoms with E-state index in [0.29, 0.717) is 0 Å². The summed E-state index contributed by atoms with van der Waals surface area (Å²) in [5, 5.41) is 0. The van der Waals surface area contributed by atoms with Gasteiger partial charge < -0.3 is 9.47 Å². The molecule has 4 aromatic rings. The van der Waals surface area contributed by atoms with E-state index >= 15 is 0 Å². The van der Waals surface area contributed by atoms with Crippen LogP contribution in [0.1, 0.15) is 56.9 Å². The molecule has 0 fully saturated rings. The third kappa shape index (κ3) is 7.18. The van der Waals surface area contributed by atoms with Crippen molar-refractivity contribution in [3.8, 4) is 11.1 Å². The fourth-order valence-corrected chi connectivity index (χ4v) is 4.40. The Balaban J connectivity index is 0.000000492. The van der Waals surface area contributed by atoms with E-state index in [2.05, 4.69) is 119 Å². The Morgan fingerprint density at radius 2 is 0.811 bits per heavy atom. The summed E-state index contributed by atoms with van der Waals surface area (Å²) < 4.78 is 8.36. The first-order valence-electron chi connectivity index (χ1n) is 12.9. The van der Waals surface area contributed by atoms with Crippen molar-refractivity contribution in [1.82, 2.24) is 0 Å². The van der Waals surface area contributed by atoms with Crippen molar-refractivity contribution < 1.29 is 14.3 Å². The van der Waals surface area contributed by atoms with Gasteiger partial charge >= 0.3 is 5.97 Å². The molecule has 0 N–H and O–H groups in total. The highest BCUT2D eigenvalue weighted by molar-refractivity contribution is 5.86. The maximum atomic E-state index is 9.59. The maximum Gasteiger partial charge on any atom is 0.302 e. The molecule has 37 heavy (non-hydrogen) atoms. The lowest BCUT2D eigenvalue weighted by atomic mass is 9.68. The molecular formula is C34H42O3. The minimum Gasteiger partial charge on any atom is -0.469 e. The molecule has 0 bridgehead atoms. The van der Waals surface area contributed by atoms with Crippen LogP contribution in [0.2, 0.25) is 0 Å². The number of carbonyl (C=O) groups is 1. The average Bonchev–Trinajstić information content (AvgIpc) is 3.28. The van der Waals surface area contributed by atoms with Crippen LogP contribution in [0.3, 0.4) is 0 Å². The second-order valence-corrected chi connectivity index (χ2v) is 7.68. The van der Waals surface area contributed by atoms with Gasteiger partial charge in [-0.2, -0.15) is 0 Å². The van der Waals surface area contributed by atoms with E-state index in [1.807, 2.05) is 27.7 Å². The molecule has 0 atom stereocenters. The van der Waals surface area contributed by atoms with E-state index < -0.39 is 0 Å². The maximum absolute atomic E-state index is 9.59. The minimum absolute atomic E-state index is 0.245. The molecule has 0 saturated heterocycles. The normalized spacial score (nSPS) is 11.1. The van der Waals surface area contributed by atoms with Gasteiger partial charge in [0.15, 0.2) is 0 Å². The Hall–Kier alpha value is -3.69. The molecule has 1 aliphatic carbocycles. The van der Waals surface area contributed by atoms with Gasteiger partial charge in [-0.15, -0.1) is 0 Å². The van der Waals surface area contributed by atoms with Gasteiger partial charge in [-0.25, -0.2) is 0 Å². The summed E-state index contributed by atoms with van der Waals surface area (Å²) >= 11 is 0. The van der Waals surface area contributed by atoms with Crippen molar-refractivity contribution in [3.63, 3.8) is 0 Å². The van der Waals surface area contributed by atoms with Gasteiger partial charge in [-0.3, -0.25) is 4.79 Å². The van der Waals surface area contributed by atoms with E-state index in [-0.39, 0.29) is 11.4 Å². The number of hydrogen-bond donors (Lipinski definition) is 0. The summed E-state index contributed by atoms with van der Waals surface area (Å²) in [6.45, 7) is 9.36. The van der Waals surface area contributed by atoms with Gasteiger partial charge in [0.05, 0.1) is 12.5 Å². The lowest BCUT2D eigenvalue weighted by Gasteiger charge is -2.33. The Kier molecular flexibility index (Phi) is 14.3. The van der Waals surface area contributed by atoms with Crippen molar-refractivity contribution in [1.29, 1.82) is 0 Å². The topological polar surface area (TPSA) is 35.5 Å². The summed E-state index contributed by atoms with van der Waals surface area (Å²) in [6, 6.07) is 39.5. The Morgan fingerprint density at radius 3 is 1.11 bits per heavy atom. The first-order chi connectivity index (χ1) is 18.1. The summed E-state index contributed by atoms with van der Waals surface area (Å²) in [6.07, 6.45) is 0. The lowest BCUT2D eigenvalue weighted by molar-refractivity contribution is -0.137. The number of rotatable bonds is 2. The zero-order valence-corrected chi connectivity index (χ0v) is 23.6. The largest absolute Gasteiger partial charge is 0.469 e. The third-order valence-electron chi connectivity index (χ3n) is 5.65. The summed E-state index contributed by atoms with van der Waals surface area (Å²) in [7, 11) is 4.60. The zero-order chi connectivity index (χ0) is 27.7. The van der Waals surface area contributed by atoms with Gasteiger partial charge in [0.1, 0.15) is 0 Å². The van der Waals surface area contributed by atoms with Crippen molar-refractivity contribution >= 4 is 5.97 Å². The molecule has 5 rings (SSSR count). The van der Waals surface area contributed by atoms with Crippen LogP contribution in [0.25, 0.3) is 11.1 Å². The Morgan fingerprint density at radius 1 is 0.541 bits per heavy atom. The SMILES string of the molecule is CC.CC.COC.COC(C)=O.c1ccc(C2(c3ccccc3)c3ccccc3-c3ccccc32)cc1. The zero-order valence-electron chi connectivity index (χ0n) is 23.6. The van der Waals surface area contributed by atoms with Crippen LogP contribution < -0.4 is 0 Å². The quantitative estimate of drug-likeness (QED) is 0.229. The number of esters is 1. The lowest BCUT2D eigenvalue weighted by Crippen LogP contribution is -2.28. The van der Waals surface area contributed by atoms with Crippen LogP contribution in [0.15, 0.2) is 109 Å². The molecule has 3 heteroatoms. The van der Waals surface area contributed by atoms with Gasteiger partial charge in [0.25, 0.3) is 0 Å². The van der Waals surface area contributed by atoms with Crippen molar-refractivity contribution in [2.24, 2.45) is 0 Å². The van der Waals surface area contributed by atoms with E-state index in [1.165, 1.54) is 47.4 Å². The smallest absolute Gasteiger partial charge is 0.302 e. The monoisotopic (exact) mass is 498 g/mol. The standard InChI is InChI=1S/C25H18.C3H6O2.C2H6O.2C2H6/c1-3-11-19(12-4-1)25(20-13-5-2-6-14-20)23-17-9-7-15-21(23)22-16-8-10-18-24(22)25;1-3(4)5-2;1-3-2;2*1-2/h1-18H;1-2H3;1-2H3;2*1-2H3. The summed E-state index contributed by atoms with van der Waals surface area (Å²) in [5.74, 6) is -0.245. The van der Waals surface area contributed by atoms with Gasteiger partial charge in [-0.1, -0.05) is 137 Å². The molecule has 0 amide bonds. The molecular weight excluding hydrogens is 456 g/mol. The Labute approximate surface area is 224 Å². The van der Waals surface area contributed by atoms with Gasteiger partial charge in [-0.05, 0) is 33.4 Å². The number of carbonyl (C=O) groups excluding carboxylic acids is 1. The number of methoxy groups -OCH3 is 2.